The van der Waals surface area contributed by atoms with Crippen molar-refractivity contribution >= 4 is 17.4 Å². The van der Waals surface area contributed by atoms with Gasteiger partial charge in [0.2, 0.25) is 11.6 Å². The maximum Gasteiger partial charge on any atom is 0.251 e. The third kappa shape index (κ3) is 6.43. The predicted molar refractivity (Wildman–Crippen MR) is 106 cm³/mol. The van der Waals surface area contributed by atoms with E-state index in [1.165, 1.54) is 24.3 Å². The number of nitrogens with one attached hydrogen (secondary N) is 1. The van der Waals surface area contributed by atoms with Crippen molar-refractivity contribution in [2.24, 2.45) is 10.8 Å². The van der Waals surface area contributed by atoms with Gasteiger partial charge in [0.25, 0.3) is 5.91 Å². The van der Waals surface area contributed by atoms with Gasteiger partial charge < -0.3 is 15.8 Å². The quantitative estimate of drug-likeness (QED) is 0.133. The zero-order chi connectivity index (χ0) is 23.7. The Balaban J connectivity index is 2.16. The number of nitrogens with zero attached hydrogens (tertiary/aromatic N) is 3. The van der Waals surface area contributed by atoms with Crippen LogP contribution < -0.4 is 15.8 Å². The molecule has 2 rings (SSSR count). The summed E-state index contributed by atoms with van der Waals surface area (Å²) in [6.07, 6.45) is 1.10. The molecule has 0 unspecified atom stereocenters. The van der Waals surface area contributed by atoms with Crippen LogP contribution in [0.4, 0.5) is 23.2 Å². The molecule has 0 aliphatic rings. The van der Waals surface area contributed by atoms with E-state index in [4.69, 9.17) is 16.0 Å². The molecule has 3 N–H and O–H groups in total. The van der Waals surface area contributed by atoms with Gasteiger partial charge in [0.15, 0.2) is 23.2 Å². The number of nitrogens with two attached hydrogens (primary N) is 1. The average Bonchev–Trinajstić information content (AvgIpc) is 2.77. The molecule has 0 spiro atoms. The summed E-state index contributed by atoms with van der Waals surface area (Å²) in [4.78, 5) is 27.7. The zero-order valence-electron chi connectivity index (χ0n) is 16.7. The van der Waals surface area contributed by atoms with Gasteiger partial charge in [-0.2, -0.15) is 8.78 Å². The summed E-state index contributed by atoms with van der Waals surface area (Å²) >= 11 is 0. The molecule has 1 atom stereocenters. The highest BCUT2D eigenvalue weighted by atomic mass is 19.2. The van der Waals surface area contributed by atoms with E-state index in [9.17, 15) is 27.2 Å². The van der Waals surface area contributed by atoms with Crippen LogP contribution in [0.5, 0.6) is 5.75 Å². The third-order valence-corrected chi connectivity index (χ3v) is 4.34. The van der Waals surface area contributed by atoms with Gasteiger partial charge in [-0.25, -0.2) is 8.78 Å². The van der Waals surface area contributed by atoms with Crippen molar-refractivity contribution in [3.8, 4) is 5.75 Å². The highest BCUT2D eigenvalue weighted by Gasteiger charge is 2.25. The topological polar surface area (TPSA) is 130 Å². The second-order valence-electron chi connectivity index (χ2n) is 6.60. The number of benzene rings is 2. The zero-order valence-corrected chi connectivity index (χ0v) is 16.7. The first-order chi connectivity index (χ1) is 15.3. The maximum absolute atomic E-state index is 13.7. The molecule has 0 fully saturated rings. The number of rotatable bonds is 11. The van der Waals surface area contributed by atoms with E-state index in [2.05, 4.69) is 15.3 Å². The summed E-state index contributed by atoms with van der Waals surface area (Å²) in [5, 5.41) is 5.86. The SMILES string of the molecule is [N-]=[N+]=Nc1cccc(C(=O)N[C@@H](CCCCN)C(=O)COc2c(F)c(F)cc(F)c2F)c1. The molecule has 0 saturated heterocycles. The van der Waals surface area contributed by atoms with Crippen LogP contribution in [-0.4, -0.2) is 30.9 Å². The van der Waals surface area contributed by atoms with Gasteiger partial charge in [-0.1, -0.05) is 17.2 Å². The Morgan fingerprint density at radius 2 is 1.81 bits per heavy atom. The Morgan fingerprint density at radius 1 is 1.12 bits per heavy atom. The van der Waals surface area contributed by atoms with Crippen LogP contribution >= 0.6 is 0 Å². The highest BCUT2D eigenvalue weighted by molar-refractivity contribution is 5.98. The molecule has 0 aliphatic heterocycles. The predicted octanol–water partition coefficient (Wildman–Crippen LogP) is 4.06. The lowest BCUT2D eigenvalue weighted by Gasteiger charge is -2.18. The molecular weight excluding hydrogens is 434 g/mol. The molecule has 2 aromatic carbocycles. The van der Waals surface area contributed by atoms with Crippen molar-refractivity contribution in [1.82, 2.24) is 5.32 Å². The Bertz CT molecular complexity index is 1020. The Morgan fingerprint density at radius 3 is 2.44 bits per heavy atom. The number of halogens is 4. The highest BCUT2D eigenvalue weighted by Crippen LogP contribution is 2.26. The number of unbranched alkanes of at least 4 members (excludes halogenated alkanes) is 1. The molecule has 12 heteroatoms. The number of Topliss-reactive ketones (excluding diaryl/α,β-unsaturated/α-hetero) is 1. The minimum atomic E-state index is -1.78. The van der Waals surface area contributed by atoms with Crippen molar-refractivity contribution in [2.45, 2.75) is 25.3 Å². The van der Waals surface area contributed by atoms with Gasteiger partial charge in [-0.05, 0) is 43.5 Å². The van der Waals surface area contributed by atoms with E-state index < -0.39 is 53.4 Å². The van der Waals surface area contributed by atoms with Crippen LogP contribution in [-0.2, 0) is 4.79 Å². The normalized spacial score (nSPS) is 11.4. The van der Waals surface area contributed by atoms with Crippen LogP contribution in [0.25, 0.3) is 10.4 Å². The molecular formula is C20H19F4N5O3. The number of ether oxygens (including phenoxy) is 1. The first-order valence-electron chi connectivity index (χ1n) is 9.43. The number of ketones is 1. The van der Waals surface area contributed by atoms with Gasteiger partial charge in [0.1, 0.15) is 6.61 Å². The van der Waals surface area contributed by atoms with Crippen LogP contribution in [0.3, 0.4) is 0 Å². The molecule has 2 aromatic rings. The summed E-state index contributed by atoms with van der Waals surface area (Å²) in [5.74, 6) is -9.76. The number of hydrogen-bond acceptors (Lipinski definition) is 5. The van der Waals surface area contributed by atoms with Crippen LogP contribution in [0.2, 0.25) is 0 Å². The third-order valence-electron chi connectivity index (χ3n) is 4.34. The average molecular weight is 453 g/mol. The van der Waals surface area contributed by atoms with E-state index in [-0.39, 0.29) is 23.7 Å². The number of carbonyl (C=O) groups excluding carboxylic acids is 2. The van der Waals surface area contributed by atoms with Gasteiger partial charge in [0, 0.05) is 22.2 Å². The monoisotopic (exact) mass is 453 g/mol. The lowest BCUT2D eigenvalue weighted by Crippen LogP contribution is -2.43. The molecule has 0 saturated carbocycles. The van der Waals surface area contributed by atoms with Crippen molar-refractivity contribution < 1.29 is 31.9 Å². The van der Waals surface area contributed by atoms with Gasteiger partial charge in [0.05, 0.1) is 6.04 Å². The first-order valence-corrected chi connectivity index (χ1v) is 9.43. The van der Waals surface area contributed by atoms with Crippen molar-refractivity contribution in [2.75, 3.05) is 13.2 Å². The summed E-state index contributed by atoms with van der Waals surface area (Å²) in [7, 11) is 0. The number of carbonyl (C=O) groups is 2. The van der Waals surface area contributed by atoms with Crippen LogP contribution in [0.15, 0.2) is 35.4 Å². The minimum Gasteiger partial charge on any atom is -0.479 e. The Hall–Kier alpha value is -3.63. The summed E-state index contributed by atoms with van der Waals surface area (Å²) in [5.41, 5.74) is 14.2. The van der Waals surface area contributed by atoms with Gasteiger partial charge in [-0.15, -0.1) is 0 Å². The lowest BCUT2D eigenvalue weighted by molar-refractivity contribution is -0.123. The molecule has 0 heterocycles. The van der Waals surface area contributed by atoms with E-state index in [0.29, 0.717) is 19.4 Å². The smallest absolute Gasteiger partial charge is 0.251 e. The number of hydrogen-bond donors (Lipinski definition) is 2. The molecule has 170 valence electrons. The minimum absolute atomic E-state index is 0.0136. The second kappa shape index (κ2) is 11.7. The van der Waals surface area contributed by atoms with E-state index in [1.54, 1.807) is 0 Å². The van der Waals surface area contributed by atoms with Gasteiger partial charge in [-0.3, -0.25) is 9.59 Å². The molecule has 1 amide bonds. The Kier molecular flexibility index (Phi) is 8.99. The fraction of sp³-hybridized carbons (Fsp3) is 0.300. The first kappa shape index (κ1) is 24.6. The summed E-state index contributed by atoms with van der Waals surface area (Å²) in [6.45, 7) is -0.623. The van der Waals surface area contributed by atoms with E-state index in [0.717, 1.165) is 0 Å². The summed E-state index contributed by atoms with van der Waals surface area (Å²) < 4.78 is 58.8. The van der Waals surface area contributed by atoms with Crippen molar-refractivity contribution in [3.05, 3.63) is 69.6 Å². The standard InChI is InChI=1S/C20H19F4N5O3/c21-13-9-14(22)18(24)19(17(13)23)32-10-16(30)15(6-1-2-7-25)27-20(31)11-4-3-5-12(8-11)28-29-26/h3-5,8-9,15H,1-2,6-7,10,25H2,(H,27,31)/t15-/m0/s1. The number of amides is 1. The second-order valence-corrected chi connectivity index (χ2v) is 6.60. The largest absolute Gasteiger partial charge is 0.479 e. The van der Waals surface area contributed by atoms with Crippen molar-refractivity contribution in [3.63, 3.8) is 0 Å². The van der Waals surface area contributed by atoms with Gasteiger partial charge >= 0.3 is 0 Å². The van der Waals surface area contributed by atoms with Crippen LogP contribution in [0, 0.1) is 23.3 Å². The van der Waals surface area contributed by atoms with E-state index >= 15 is 0 Å². The molecule has 8 nitrogen and oxygen atoms in total. The molecule has 0 bridgehead atoms. The van der Waals surface area contributed by atoms with Crippen molar-refractivity contribution in [1.29, 1.82) is 0 Å². The number of azide groups is 1. The molecule has 0 aromatic heterocycles. The molecule has 32 heavy (non-hydrogen) atoms. The Labute approximate surface area is 180 Å². The fourth-order valence-electron chi connectivity index (χ4n) is 2.73. The molecule has 0 radical (unpaired) electrons. The fourth-order valence-corrected chi connectivity index (χ4v) is 2.73. The summed E-state index contributed by atoms with van der Waals surface area (Å²) in [6, 6.07) is 4.53. The molecule has 0 aliphatic carbocycles. The van der Waals surface area contributed by atoms with Crippen LogP contribution in [0.1, 0.15) is 29.6 Å². The van der Waals surface area contributed by atoms with E-state index in [1.807, 2.05) is 0 Å². The maximum atomic E-state index is 13.7. The lowest BCUT2D eigenvalue weighted by atomic mass is 10.0.